The van der Waals surface area contributed by atoms with E-state index in [1.165, 1.54) is 0 Å². The number of anilines is 2. The molecule has 1 aromatic carbocycles. The van der Waals surface area contributed by atoms with Gasteiger partial charge in [-0.15, -0.1) is 0 Å². The van der Waals surface area contributed by atoms with Gasteiger partial charge < -0.3 is 15.8 Å². The van der Waals surface area contributed by atoms with Gasteiger partial charge in [-0.25, -0.2) is 0 Å². The molecule has 4 heteroatoms. The first-order chi connectivity index (χ1) is 8.34. The Morgan fingerprint density at radius 2 is 2.11 bits per heavy atom. The van der Waals surface area contributed by atoms with Gasteiger partial charge in [-0.2, -0.15) is 0 Å². The molecule has 0 fully saturated rings. The topological polar surface area (TPSA) is 64.3 Å². The summed E-state index contributed by atoms with van der Waals surface area (Å²) in [6, 6.07) is 5.43. The number of nitrogen functional groups attached to an aromatic ring is 1. The summed E-state index contributed by atoms with van der Waals surface area (Å²) in [7, 11) is 0. The number of rotatable bonds is 5. The van der Waals surface area contributed by atoms with E-state index in [0.717, 1.165) is 17.7 Å². The average molecular weight is 250 g/mol. The molecule has 0 spiro atoms. The highest BCUT2D eigenvalue weighted by atomic mass is 16.5. The maximum absolute atomic E-state index is 11.8. The van der Waals surface area contributed by atoms with Crippen molar-refractivity contribution in [3.8, 4) is 0 Å². The van der Waals surface area contributed by atoms with Crippen LogP contribution in [0.1, 0.15) is 32.8 Å². The Labute approximate surface area is 109 Å². The van der Waals surface area contributed by atoms with E-state index >= 15 is 0 Å². The fourth-order valence-electron chi connectivity index (χ4n) is 1.32. The lowest BCUT2D eigenvalue weighted by atomic mass is 10.1. The number of aryl methyl sites for hydroxylation is 1. The van der Waals surface area contributed by atoms with E-state index in [1.807, 2.05) is 39.8 Å². The first-order valence-electron chi connectivity index (χ1n) is 6.14. The van der Waals surface area contributed by atoms with Gasteiger partial charge in [0, 0.05) is 11.4 Å². The van der Waals surface area contributed by atoms with Gasteiger partial charge in [-0.1, -0.05) is 13.0 Å². The predicted octanol–water partition coefficient (Wildman–Crippen LogP) is 2.72. The Hall–Kier alpha value is -1.55. The molecule has 3 N–H and O–H groups in total. The first-order valence-corrected chi connectivity index (χ1v) is 6.14. The van der Waals surface area contributed by atoms with Crippen molar-refractivity contribution >= 4 is 17.3 Å². The summed E-state index contributed by atoms with van der Waals surface area (Å²) < 4.78 is 5.54. The van der Waals surface area contributed by atoms with Crippen molar-refractivity contribution < 1.29 is 9.53 Å². The van der Waals surface area contributed by atoms with E-state index in [1.54, 1.807) is 6.07 Å². The van der Waals surface area contributed by atoms with Gasteiger partial charge in [-0.3, -0.25) is 4.79 Å². The van der Waals surface area contributed by atoms with Crippen molar-refractivity contribution in [1.82, 2.24) is 0 Å². The van der Waals surface area contributed by atoms with E-state index < -0.39 is 0 Å². The smallest absolute Gasteiger partial charge is 0.250 e. The van der Waals surface area contributed by atoms with E-state index in [9.17, 15) is 4.79 Å². The summed E-state index contributed by atoms with van der Waals surface area (Å²) in [6.45, 7) is 7.93. The van der Waals surface area contributed by atoms with Gasteiger partial charge in [0.25, 0.3) is 0 Å². The lowest BCUT2D eigenvalue weighted by Gasteiger charge is -2.23. The van der Waals surface area contributed by atoms with E-state index in [-0.39, 0.29) is 18.1 Å². The highest BCUT2D eigenvalue weighted by Gasteiger charge is 2.17. The number of nitrogens with two attached hydrogens (primary N) is 1. The molecule has 0 aliphatic heterocycles. The van der Waals surface area contributed by atoms with Crippen LogP contribution in [-0.2, 0) is 9.53 Å². The molecule has 18 heavy (non-hydrogen) atoms. The number of amides is 1. The van der Waals surface area contributed by atoms with Crippen LogP contribution in [0.2, 0.25) is 0 Å². The van der Waals surface area contributed by atoms with Crippen LogP contribution in [0.5, 0.6) is 0 Å². The summed E-state index contributed by atoms with van der Waals surface area (Å²) in [4.78, 5) is 11.8. The first kappa shape index (κ1) is 14.5. The SMILES string of the molecule is CCC(C)(C)OCC(=O)Nc1cc(N)ccc1C. The van der Waals surface area contributed by atoms with Gasteiger partial charge in [0.2, 0.25) is 5.91 Å². The molecule has 0 radical (unpaired) electrons. The van der Waals surface area contributed by atoms with Gasteiger partial charge in [0.1, 0.15) is 6.61 Å². The Morgan fingerprint density at radius 1 is 1.44 bits per heavy atom. The number of nitrogens with one attached hydrogen (secondary N) is 1. The quantitative estimate of drug-likeness (QED) is 0.790. The van der Waals surface area contributed by atoms with Crippen LogP contribution in [0.4, 0.5) is 11.4 Å². The second kappa shape index (κ2) is 5.87. The molecule has 0 aromatic heterocycles. The van der Waals surface area contributed by atoms with E-state index in [4.69, 9.17) is 10.5 Å². The van der Waals surface area contributed by atoms with Crippen molar-refractivity contribution in [2.24, 2.45) is 0 Å². The second-order valence-electron chi connectivity index (χ2n) is 5.02. The van der Waals surface area contributed by atoms with Crippen LogP contribution < -0.4 is 11.1 Å². The molecule has 1 aromatic rings. The highest BCUT2D eigenvalue weighted by Crippen LogP contribution is 2.18. The maximum atomic E-state index is 11.8. The molecular weight excluding hydrogens is 228 g/mol. The number of carbonyl (C=O) groups is 1. The van der Waals surface area contributed by atoms with Crippen LogP contribution in [0, 0.1) is 6.92 Å². The van der Waals surface area contributed by atoms with Crippen molar-refractivity contribution in [2.75, 3.05) is 17.7 Å². The zero-order chi connectivity index (χ0) is 13.8. The predicted molar refractivity (Wildman–Crippen MR) is 74.5 cm³/mol. The Morgan fingerprint density at radius 3 is 2.72 bits per heavy atom. The molecule has 4 nitrogen and oxygen atoms in total. The lowest BCUT2D eigenvalue weighted by Crippen LogP contribution is -2.29. The zero-order valence-electron chi connectivity index (χ0n) is 11.5. The Balaban J connectivity index is 2.57. The van der Waals surface area contributed by atoms with Crippen LogP contribution in [-0.4, -0.2) is 18.1 Å². The molecule has 0 atom stereocenters. The van der Waals surface area contributed by atoms with Crippen molar-refractivity contribution in [2.45, 2.75) is 39.7 Å². The normalized spacial score (nSPS) is 11.3. The molecule has 0 heterocycles. The van der Waals surface area contributed by atoms with E-state index in [0.29, 0.717) is 5.69 Å². The van der Waals surface area contributed by atoms with Gasteiger partial charge in [0.05, 0.1) is 5.60 Å². The number of hydrogen-bond donors (Lipinski definition) is 2. The lowest BCUT2D eigenvalue weighted by molar-refractivity contribution is -0.126. The van der Waals surface area contributed by atoms with Crippen molar-refractivity contribution in [3.05, 3.63) is 23.8 Å². The van der Waals surface area contributed by atoms with Gasteiger partial charge in [0.15, 0.2) is 0 Å². The third-order valence-corrected chi connectivity index (χ3v) is 2.98. The van der Waals surface area contributed by atoms with Crippen LogP contribution in [0.3, 0.4) is 0 Å². The molecule has 0 aliphatic rings. The third-order valence-electron chi connectivity index (χ3n) is 2.98. The Bertz CT molecular complexity index is 428. The van der Waals surface area contributed by atoms with Crippen LogP contribution in [0.25, 0.3) is 0 Å². The largest absolute Gasteiger partial charge is 0.399 e. The Kier molecular flexibility index (Phi) is 4.73. The van der Waals surface area contributed by atoms with Crippen LogP contribution >= 0.6 is 0 Å². The average Bonchev–Trinajstić information content (AvgIpc) is 2.31. The van der Waals surface area contributed by atoms with Crippen molar-refractivity contribution in [3.63, 3.8) is 0 Å². The molecule has 0 saturated heterocycles. The monoisotopic (exact) mass is 250 g/mol. The molecule has 1 amide bonds. The summed E-state index contributed by atoms with van der Waals surface area (Å²) in [5.41, 5.74) is 7.75. The molecular formula is C14H22N2O2. The summed E-state index contributed by atoms with van der Waals surface area (Å²) in [6.07, 6.45) is 0.859. The minimum absolute atomic E-state index is 0.0507. The molecule has 0 unspecified atom stereocenters. The molecule has 0 aliphatic carbocycles. The number of hydrogen-bond acceptors (Lipinski definition) is 3. The van der Waals surface area contributed by atoms with Crippen molar-refractivity contribution in [1.29, 1.82) is 0 Å². The number of ether oxygens (including phenoxy) is 1. The summed E-state index contributed by atoms with van der Waals surface area (Å²) in [5, 5.41) is 2.80. The fraction of sp³-hybridized carbons (Fsp3) is 0.500. The van der Waals surface area contributed by atoms with E-state index in [2.05, 4.69) is 5.32 Å². The van der Waals surface area contributed by atoms with Gasteiger partial charge >= 0.3 is 0 Å². The fourth-order valence-corrected chi connectivity index (χ4v) is 1.32. The molecule has 100 valence electrons. The summed E-state index contributed by atoms with van der Waals surface area (Å²) >= 11 is 0. The molecule has 1 rings (SSSR count). The maximum Gasteiger partial charge on any atom is 0.250 e. The molecule has 0 bridgehead atoms. The zero-order valence-corrected chi connectivity index (χ0v) is 11.5. The number of carbonyl (C=O) groups excluding carboxylic acids is 1. The highest BCUT2D eigenvalue weighted by molar-refractivity contribution is 5.92. The number of benzene rings is 1. The minimum Gasteiger partial charge on any atom is -0.399 e. The second-order valence-corrected chi connectivity index (χ2v) is 5.02. The van der Waals surface area contributed by atoms with Gasteiger partial charge in [-0.05, 0) is 44.9 Å². The third kappa shape index (κ3) is 4.37. The van der Waals surface area contributed by atoms with Crippen LogP contribution in [0.15, 0.2) is 18.2 Å². The minimum atomic E-state index is -0.276. The summed E-state index contributed by atoms with van der Waals surface area (Å²) in [5.74, 6) is -0.162. The molecule has 0 saturated carbocycles. The standard InChI is InChI=1S/C14H22N2O2/c1-5-14(3,4)18-9-13(17)16-12-8-11(15)7-6-10(12)2/h6-8H,5,9,15H2,1-4H3,(H,16,17).